The summed E-state index contributed by atoms with van der Waals surface area (Å²) in [6.45, 7) is 0. The van der Waals surface area contributed by atoms with Gasteiger partial charge in [-0.05, 0) is 49.2 Å². The fourth-order valence-corrected chi connectivity index (χ4v) is 3.34. The Morgan fingerprint density at radius 1 is 0.969 bits per heavy atom. The molecule has 0 saturated heterocycles. The summed E-state index contributed by atoms with van der Waals surface area (Å²) in [6, 6.07) is 17.6. The van der Waals surface area contributed by atoms with Crippen LogP contribution in [0.25, 0.3) is 5.65 Å². The minimum atomic E-state index is -0.291. The lowest BCUT2D eigenvalue weighted by Gasteiger charge is -2.10. The first-order valence-electron chi connectivity index (χ1n) is 10.3. The van der Waals surface area contributed by atoms with Gasteiger partial charge in [0.25, 0.3) is 5.91 Å². The van der Waals surface area contributed by atoms with Crippen LogP contribution >= 0.6 is 0 Å². The summed E-state index contributed by atoms with van der Waals surface area (Å²) in [4.78, 5) is 28.9. The SMILES string of the molecule is Nc1ccccc1C(=O)Nc1cccc(Oc2ccc3nc(NC(=O)C4CC4)cn3c2)c1. The van der Waals surface area contributed by atoms with E-state index < -0.39 is 0 Å². The van der Waals surface area contributed by atoms with Gasteiger partial charge in [-0.3, -0.25) is 9.59 Å². The highest BCUT2D eigenvalue weighted by atomic mass is 16.5. The van der Waals surface area contributed by atoms with E-state index in [0.29, 0.717) is 39.9 Å². The van der Waals surface area contributed by atoms with Crippen LogP contribution in [0.1, 0.15) is 23.2 Å². The fraction of sp³-hybridized carbons (Fsp3) is 0.125. The zero-order valence-corrected chi connectivity index (χ0v) is 17.1. The molecule has 4 aromatic rings. The Labute approximate surface area is 184 Å². The third-order valence-electron chi connectivity index (χ3n) is 5.16. The fourth-order valence-electron chi connectivity index (χ4n) is 3.34. The molecule has 2 aromatic carbocycles. The molecule has 0 aliphatic heterocycles. The highest BCUT2D eigenvalue weighted by Crippen LogP contribution is 2.30. The number of carbonyl (C=O) groups is 2. The molecule has 4 N–H and O–H groups in total. The highest BCUT2D eigenvalue weighted by Gasteiger charge is 2.30. The molecule has 1 saturated carbocycles. The van der Waals surface area contributed by atoms with Gasteiger partial charge in [0.05, 0.1) is 18.0 Å². The van der Waals surface area contributed by atoms with E-state index in [9.17, 15) is 9.59 Å². The van der Waals surface area contributed by atoms with Gasteiger partial charge in [-0.25, -0.2) is 4.98 Å². The zero-order valence-electron chi connectivity index (χ0n) is 17.1. The van der Waals surface area contributed by atoms with Crippen molar-refractivity contribution < 1.29 is 14.3 Å². The third kappa shape index (κ3) is 4.24. The van der Waals surface area contributed by atoms with Gasteiger partial charge in [0.15, 0.2) is 5.82 Å². The Kier molecular flexibility index (Phi) is 4.95. The van der Waals surface area contributed by atoms with Crippen LogP contribution in [-0.2, 0) is 4.79 Å². The lowest BCUT2D eigenvalue weighted by Crippen LogP contribution is -2.13. The maximum atomic E-state index is 12.5. The van der Waals surface area contributed by atoms with Crippen LogP contribution in [0.5, 0.6) is 11.5 Å². The standard InChI is InChI=1S/C24H21N5O3/c25-20-7-2-1-6-19(20)24(31)26-16-4-3-5-17(12-16)32-18-10-11-22-27-21(14-29(22)13-18)28-23(30)15-8-9-15/h1-7,10-15H,8-9,25H2,(H,26,31)(H,28,30). The molecule has 0 bridgehead atoms. The average Bonchev–Trinajstić information content (AvgIpc) is 3.55. The Balaban J connectivity index is 1.30. The predicted octanol–water partition coefficient (Wildman–Crippen LogP) is 4.31. The van der Waals surface area contributed by atoms with E-state index in [-0.39, 0.29) is 17.7 Å². The van der Waals surface area contributed by atoms with Crippen molar-refractivity contribution >= 4 is 34.7 Å². The smallest absolute Gasteiger partial charge is 0.257 e. The molecule has 32 heavy (non-hydrogen) atoms. The number of nitrogens with two attached hydrogens (primary N) is 1. The van der Waals surface area contributed by atoms with Gasteiger partial charge in [0.1, 0.15) is 17.1 Å². The largest absolute Gasteiger partial charge is 0.456 e. The van der Waals surface area contributed by atoms with E-state index >= 15 is 0 Å². The molecule has 0 spiro atoms. The molecule has 2 aromatic heterocycles. The van der Waals surface area contributed by atoms with Crippen molar-refractivity contribution in [2.45, 2.75) is 12.8 Å². The molecule has 8 nitrogen and oxygen atoms in total. The number of pyridine rings is 1. The molecule has 0 unspecified atom stereocenters. The van der Waals surface area contributed by atoms with E-state index in [1.54, 1.807) is 71.4 Å². The zero-order chi connectivity index (χ0) is 22.1. The van der Waals surface area contributed by atoms with Crippen LogP contribution in [0, 0.1) is 5.92 Å². The number of nitrogen functional groups attached to an aromatic ring is 1. The van der Waals surface area contributed by atoms with Gasteiger partial charge in [-0.15, -0.1) is 0 Å². The van der Waals surface area contributed by atoms with Crippen molar-refractivity contribution in [1.82, 2.24) is 9.38 Å². The molecule has 1 aliphatic rings. The van der Waals surface area contributed by atoms with E-state index in [2.05, 4.69) is 15.6 Å². The first-order chi connectivity index (χ1) is 15.5. The van der Waals surface area contributed by atoms with Crippen LogP contribution in [0.4, 0.5) is 17.2 Å². The van der Waals surface area contributed by atoms with Crippen molar-refractivity contribution in [2.24, 2.45) is 5.92 Å². The maximum absolute atomic E-state index is 12.5. The van der Waals surface area contributed by atoms with Crippen LogP contribution in [0.15, 0.2) is 73.1 Å². The number of hydrogen-bond donors (Lipinski definition) is 3. The van der Waals surface area contributed by atoms with Crippen LogP contribution < -0.4 is 21.1 Å². The number of imidazole rings is 1. The van der Waals surface area contributed by atoms with E-state index in [0.717, 1.165) is 12.8 Å². The van der Waals surface area contributed by atoms with Crippen molar-refractivity contribution in [3.63, 3.8) is 0 Å². The molecular formula is C24H21N5O3. The molecule has 8 heteroatoms. The van der Waals surface area contributed by atoms with E-state index in [4.69, 9.17) is 10.5 Å². The van der Waals surface area contributed by atoms with E-state index in [1.165, 1.54) is 0 Å². The first kappa shape index (κ1) is 19.6. The summed E-state index contributed by atoms with van der Waals surface area (Å²) in [5.74, 6) is 1.51. The topological polar surface area (TPSA) is 111 Å². The number of anilines is 3. The summed E-state index contributed by atoms with van der Waals surface area (Å²) in [5, 5.41) is 5.68. The van der Waals surface area contributed by atoms with E-state index in [1.807, 2.05) is 6.07 Å². The average molecular weight is 427 g/mol. The molecule has 1 aliphatic carbocycles. The van der Waals surface area contributed by atoms with Gasteiger partial charge in [0, 0.05) is 23.4 Å². The molecule has 2 heterocycles. The first-order valence-corrected chi connectivity index (χ1v) is 10.3. The summed E-state index contributed by atoms with van der Waals surface area (Å²) >= 11 is 0. The second-order valence-electron chi connectivity index (χ2n) is 7.69. The maximum Gasteiger partial charge on any atom is 0.257 e. The molecule has 1 fully saturated rings. The van der Waals surface area contributed by atoms with Crippen molar-refractivity contribution in [2.75, 3.05) is 16.4 Å². The molecular weight excluding hydrogens is 406 g/mol. The number of amides is 2. The number of rotatable bonds is 6. The lowest BCUT2D eigenvalue weighted by atomic mass is 10.1. The van der Waals surface area contributed by atoms with Gasteiger partial charge >= 0.3 is 0 Å². The summed E-state index contributed by atoms with van der Waals surface area (Å²) in [5.41, 5.74) is 8.00. The Morgan fingerprint density at radius 2 is 1.81 bits per heavy atom. The second-order valence-corrected chi connectivity index (χ2v) is 7.69. The monoisotopic (exact) mass is 427 g/mol. The number of ether oxygens (including phenoxy) is 1. The lowest BCUT2D eigenvalue weighted by molar-refractivity contribution is -0.117. The minimum absolute atomic E-state index is 0.0148. The van der Waals surface area contributed by atoms with Gasteiger partial charge in [0.2, 0.25) is 5.91 Å². The number of carbonyl (C=O) groups excluding carboxylic acids is 2. The predicted molar refractivity (Wildman–Crippen MR) is 122 cm³/mol. The Hall–Kier alpha value is -4.33. The van der Waals surface area contributed by atoms with Crippen LogP contribution in [0.2, 0.25) is 0 Å². The normalized spacial score (nSPS) is 13.0. The minimum Gasteiger partial charge on any atom is -0.456 e. The summed E-state index contributed by atoms with van der Waals surface area (Å²) in [7, 11) is 0. The number of nitrogens with one attached hydrogen (secondary N) is 2. The van der Waals surface area contributed by atoms with Gasteiger partial charge in [-0.2, -0.15) is 0 Å². The molecule has 160 valence electrons. The molecule has 0 radical (unpaired) electrons. The summed E-state index contributed by atoms with van der Waals surface area (Å²) < 4.78 is 7.76. The highest BCUT2D eigenvalue weighted by molar-refractivity contribution is 6.07. The Bertz CT molecular complexity index is 1330. The van der Waals surface area contributed by atoms with Crippen molar-refractivity contribution in [1.29, 1.82) is 0 Å². The number of benzene rings is 2. The summed E-state index contributed by atoms with van der Waals surface area (Å²) in [6.07, 6.45) is 5.42. The number of aromatic nitrogens is 2. The number of hydrogen-bond acceptors (Lipinski definition) is 5. The molecule has 0 atom stereocenters. The van der Waals surface area contributed by atoms with Crippen molar-refractivity contribution in [3.8, 4) is 11.5 Å². The van der Waals surface area contributed by atoms with Crippen LogP contribution in [-0.4, -0.2) is 21.2 Å². The molecule has 2 amide bonds. The number of fused-ring (bicyclic) bond motifs is 1. The number of para-hydroxylation sites is 1. The quantitative estimate of drug-likeness (QED) is 0.397. The van der Waals surface area contributed by atoms with Gasteiger partial charge < -0.3 is 25.5 Å². The third-order valence-corrected chi connectivity index (χ3v) is 5.16. The second kappa shape index (κ2) is 8.07. The van der Waals surface area contributed by atoms with Gasteiger partial charge in [-0.1, -0.05) is 18.2 Å². The number of nitrogens with zero attached hydrogens (tertiary/aromatic N) is 2. The van der Waals surface area contributed by atoms with Crippen LogP contribution in [0.3, 0.4) is 0 Å². The Morgan fingerprint density at radius 3 is 2.62 bits per heavy atom. The van der Waals surface area contributed by atoms with Crippen molar-refractivity contribution in [3.05, 3.63) is 78.6 Å². The molecule has 5 rings (SSSR count).